The zero-order chi connectivity index (χ0) is 22.8. The van der Waals surface area contributed by atoms with Crippen LogP contribution in [0.1, 0.15) is 22.3 Å². The number of nitrogens with one attached hydrogen (secondary N) is 1. The number of anilines is 1. The van der Waals surface area contributed by atoms with Gasteiger partial charge in [0, 0.05) is 11.3 Å². The van der Waals surface area contributed by atoms with Crippen molar-refractivity contribution in [1.29, 1.82) is 0 Å². The number of aryl methyl sites for hydroxylation is 2. The molecule has 1 heterocycles. The molecule has 1 N–H and O–H groups in total. The van der Waals surface area contributed by atoms with E-state index in [1.807, 2.05) is 50.2 Å². The van der Waals surface area contributed by atoms with E-state index in [1.54, 1.807) is 13.2 Å². The first kappa shape index (κ1) is 21.3. The predicted octanol–water partition coefficient (Wildman–Crippen LogP) is 4.84. The zero-order valence-electron chi connectivity index (χ0n) is 18.1. The molecule has 0 aliphatic carbocycles. The topological polar surface area (TPSA) is 58.6 Å². The van der Waals surface area contributed by atoms with Crippen molar-refractivity contribution in [2.45, 2.75) is 20.4 Å². The number of para-hydroxylation sites is 1. The van der Waals surface area contributed by atoms with Crippen LogP contribution in [0.3, 0.4) is 0 Å². The fourth-order valence-electron chi connectivity index (χ4n) is 3.92. The lowest BCUT2D eigenvalue weighted by Gasteiger charge is -2.17. The molecule has 2 amide bonds. The number of carbonyl (C=O) groups is 2. The minimum Gasteiger partial charge on any atom is -0.496 e. The molecule has 3 aromatic rings. The molecule has 3 aromatic carbocycles. The lowest BCUT2D eigenvalue weighted by atomic mass is 10.0. The van der Waals surface area contributed by atoms with Gasteiger partial charge in [-0.25, -0.2) is 4.39 Å². The van der Waals surface area contributed by atoms with Gasteiger partial charge in [0.05, 0.1) is 19.2 Å². The van der Waals surface area contributed by atoms with Crippen molar-refractivity contribution >= 4 is 23.1 Å². The molecular formula is C26H23FN2O3. The Labute approximate surface area is 186 Å². The molecule has 0 aromatic heterocycles. The molecule has 0 atom stereocenters. The molecular weight excluding hydrogens is 407 g/mol. The maximum atomic E-state index is 13.5. The summed E-state index contributed by atoms with van der Waals surface area (Å²) in [5.41, 5.74) is 4.32. The number of benzene rings is 3. The standard InChI is InChI=1S/C26H23FN2O3/c1-16-12-17(2)14-21(13-16)28-24-23(18-8-10-20(27)11-9-18)25(30)29(26(24)31)15-19-6-4-5-7-22(19)32-3/h4-14,28H,15H2,1-3H3. The molecule has 4 rings (SSSR count). The summed E-state index contributed by atoms with van der Waals surface area (Å²) in [4.78, 5) is 28.0. The molecule has 0 unspecified atom stereocenters. The monoisotopic (exact) mass is 430 g/mol. The summed E-state index contributed by atoms with van der Waals surface area (Å²) in [5, 5.41) is 3.15. The quantitative estimate of drug-likeness (QED) is 0.569. The SMILES string of the molecule is COc1ccccc1CN1C(=O)C(Nc2cc(C)cc(C)c2)=C(c2ccc(F)cc2)C1=O. The summed E-state index contributed by atoms with van der Waals surface area (Å²) in [6, 6.07) is 18.6. The molecule has 1 aliphatic heterocycles. The van der Waals surface area contributed by atoms with Gasteiger partial charge in [-0.3, -0.25) is 14.5 Å². The number of amides is 2. The van der Waals surface area contributed by atoms with Gasteiger partial charge in [0.2, 0.25) is 0 Å². The van der Waals surface area contributed by atoms with E-state index in [-0.39, 0.29) is 17.8 Å². The van der Waals surface area contributed by atoms with Gasteiger partial charge < -0.3 is 10.1 Å². The van der Waals surface area contributed by atoms with E-state index in [2.05, 4.69) is 5.32 Å². The third-order valence-electron chi connectivity index (χ3n) is 5.31. The molecule has 6 heteroatoms. The van der Waals surface area contributed by atoms with Crippen LogP contribution < -0.4 is 10.1 Å². The third-order valence-corrected chi connectivity index (χ3v) is 5.31. The van der Waals surface area contributed by atoms with Crippen LogP contribution in [-0.2, 0) is 16.1 Å². The fraction of sp³-hybridized carbons (Fsp3) is 0.154. The van der Waals surface area contributed by atoms with Gasteiger partial charge in [0.15, 0.2) is 0 Å². The highest BCUT2D eigenvalue weighted by molar-refractivity contribution is 6.36. The van der Waals surface area contributed by atoms with E-state index >= 15 is 0 Å². The molecule has 0 spiro atoms. The lowest BCUT2D eigenvalue weighted by molar-refractivity contribution is -0.137. The van der Waals surface area contributed by atoms with Crippen LogP contribution in [0, 0.1) is 19.7 Å². The number of carbonyl (C=O) groups excluding carboxylic acids is 2. The highest BCUT2D eigenvalue weighted by atomic mass is 19.1. The van der Waals surface area contributed by atoms with Crippen LogP contribution in [0.4, 0.5) is 10.1 Å². The van der Waals surface area contributed by atoms with Gasteiger partial charge in [-0.05, 0) is 60.9 Å². The van der Waals surface area contributed by atoms with Crippen LogP contribution in [0.15, 0.2) is 72.4 Å². The van der Waals surface area contributed by atoms with Crippen LogP contribution in [0.5, 0.6) is 5.75 Å². The van der Waals surface area contributed by atoms with E-state index in [4.69, 9.17) is 4.74 Å². The van der Waals surface area contributed by atoms with E-state index in [0.717, 1.165) is 11.1 Å². The second-order valence-electron chi connectivity index (χ2n) is 7.77. The highest BCUT2D eigenvalue weighted by Crippen LogP contribution is 2.33. The number of hydrogen-bond donors (Lipinski definition) is 1. The van der Waals surface area contributed by atoms with Crippen molar-refractivity contribution in [3.63, 3.8) is 0 Å². The van der Waals surface area contributed by atoms with Gasteiger partial charge in [-0.1, -0.05) is 36.4 Å². The van der Waals surface area contributed by atoms with Crippen LogP contribution >= 0.6 is 0 Å². The summed E-state index contributed by atoms with van der Waals surface area (Å²) < 4.78 is 18.9. The molecule has 162 valence electrons. The Morgan fingerprint density at radius 2 is 1.56 bits per heavy atom. The van der Waals surface area contributed by atoms with Gasteiger partial charge >= 0.3 is 0 Å². The lowest BCUT2D eigenvalue weighted by Crippen LogP contribution is -2.32. The van der Waals surface area contributed by atoms with Crippen LogP contribution in [0.2, 0.25) is 0 Å². The summed E-state index contributed by atoms with van der Waals surface area (Å²) in [5.74, 6) is -0.716. The van der Waals surface area contributed by atoms with E-state index in [1.165, 1.54) is 29.2 Å². The smallest absolute Gasteiger partial charge is 0.278 e. The van der Waals surface area contributed by atoms with Gasteiger partial charge in [0.25, 0.3) is 11.8 Å². The maximum absolute atomic E-state index is 13.5. The van der Waals surface area contributed by atoms with Crippen molar-refractivity contribution in [3.05, 3.63) is 100 Å². The summed E-state index contributed by atoms with van der Waals surface area (Å²) in [6.07, 6.45) is 0. The predicted molar refractivity (Wildman–Crippen MR) is 121 cm³/mol. The Balaban J connectivity index is 1.76. The van der Waals surface area contributed by atoms with E-state index in [0.29, 0.717) is 22.6 Å². The Hall–Kier alpha value is -3.93. The molecule has 0 saturated carbocycles. The molecule has 0 fully saturated rings. The molecule has 32 heavy (non-hydrogen) atoms. The number of imide groups is 1. The first-order chi connectivity index (χ1) is 15.4. The fourth-order valence-corrected chi connectivity index (χ4v) is 3.92. The van der Waals surface area contributed by atoms with Gasteiger partial charge in [0.1, 0.15) is 17.3 Å². The minimum absolute atomic E-state index is 0.0599. The first-order valence-electron chi connectivity index (χ1n) is 10.2. The van der Waals surface area contributed by atoms with Crippen molar-refractivity contribution in [2.24, 2.45) is 0 Å². The molecule has 0 saturated heterocycles. The molecule has 5 nitrogen and oxygen atoms in total. The van der Waals surface area contributed by atoms with Crippen molar-refractivity contribution in [3.8, 4) is 5.75 Å². The normalized spacial score (nSPS) is 13.7. The number of methoxy groups -OCH3 is 1. The van der Waals surface area contributed by atoms with Crippen molar-refractivity contribution < 1.29 is 18.7 Å². The summed E-state index contributed by atoms with van der Waals surface area (Å²) >= 11 is 0. The first-order valence-corrected chi connectivity index (χ1v) is 10.2. The van der Waals surface area contributed by atoms with E-state index < -0.39 is 17.6 Å². The minimum atomic E-state index is -0.445. The second-order valence-corrected chi connectivity index (χ2v) is 7.77. The Morgan fingerprint density at radius 3 is 2.22 bits per heavy atom. The number of rotatable bonds is 6. The summed E-state index contributed by atoms with van der Waals surface area (Å²) in [6.45, 7) is 3.98. The second kappa shape index (κ2) is 8.67. The number of halogens is 1. The Morgan fingerprint density at radius 1 is 0.906 bits per heavy atom. The Kier molecular flexibility index (Phi) is 5.77. The van der Waals surface area contributed by atoms with Crippen molar-refractivity contribution in [1.82, 2.24) is 4.90 Å². The number of hydrogen-bond acceptors (Lipinski definition) is 4. The Bertz CT molecular complexity index is 1210. The molecule has 0 radical (unpaired) electrons. The number of nitrogens with zero attached hydrogens (tertiary/aromatic N) is 1. The van der Waals surface area contributed by atoms with Crippen LogP contribution in [0.25, 0.3) is 5.57 Å². The third kappa shape index (κ3) is 4.12. The highest BCUT2D eigenvalue weighted by Gasteiger charge is 2.39. The summed E-state index contributed by atoms with van der Waals surface area (Å²) in [7, 11) is 1.54. The van der Waals surface area contributed by atoms with Gasteiger partial charge in [-0.2, -0.15) is 0 Å². The maximum Gasteiger partial charge on any atom is 0.278 e. The zero-order valence-corrected chi connectivity index (χ0v) is 18.1. The van der Waals surface area contributed by atoms with Gasteiger partial charge in [-0.15, -0.1) is 0 Å². The molecule has 0 bridgehead atoms. The van der Waals surface area contributed by atoms with Crippen molar-refractivity contribution in [2.75, 3.05) is 12.4 Å². The molecule has 1 aliphatic rings. The number of ether oxygens (including phenoxy) is 1. The average Bonchev–Trinajstić information content (AvgIpc) is 2.98. The van der Waals surface area contributed by atoms with E-state index in [9.17, 15) is 14.0 Å². The van der Waals surface area contributed by atoms with Crippen LogP contribution in [-0.4, -0.2) is 23.8 Å². The average molecular weight is 430 g/mol. The largest absolute Gasteiger partial charge is 0.496 e.